The summed E-state index contributed by atoms with van der Waals surface area (Å²) in [5.74, 6) is -0.461. The molecule has 0 unspecified atom stereocenters. The van der Waals surface area contributed by atoms with Gasteiger partial charge in [0.2, 0.25) is 0 Å². The van der Waals surface area contributed by atoms with Crippen LogP contribution < -0.4 is 24.8 Å². The molecule has 0 saturated heterocycles. The molecule has 97 valence electrons. The molecule has 0 atom stereocenters. The van der Waals surface area contributed by atoms with Gasteiger partial charge in [-0.1, -0.05) is 26.4 Å². The number of hydrogen-bond acceptors (Lipinski definition) is 1. The zero-order chi connectivity index (χ0) is 11.2. The minimum atomic E-state index is -0.461. The number of hydrogen-bond donors (Lipinski definition) is 0. The van der Waals surface area contributed by atoms with Gasteiger partial charge >= 0.3 is 26.2 Å². The van der Waals surface area contributed by atoms with Crippen LogP contribution in [0.25, 0.3) is 5.73 Å². The maximum atomic E-state index is 9.71. The molecule has 0 aliphatic heterocycles. The molecule has 0 saturated carbocycles. The van der Waals surface area contributed by atoms with Crippen molar-refractivity contribution in [3.63, 3.8) is 0 Å². The van der Waals surface area contributed by atoms with Crippen molar-refractivity contribution < 1.29 is 55.8 Å². The topological polar surface area (TPSA) is 40.9 Å². The van der Waals surface area contributed by atoms with Gasteiger partial charge in [0, 0.05) is 15.4 Å². The molecule has 0 fully saturated rings. The molecular formula is C11H20Cl2NOSiZr. The van der Waals surface area contributed by atoms with Crippen LogP contribution in [0.2, 0.25) is 13.1 Å². The number of rotatable bonds is 2. The predicted molar refractivity (Wildman–Crippen MR) is 64.7 cm³/mol. The molecule has 1 rings (SSSR count). The Morgan fingerprint density at radius 1 is 1.41 bits per heavy atom. The van der Waals surface area contributed by atoms with Crippen molar-refractivity contribution in [2.75, 3.05) is 0 Å². The van der Waals surface area contributed by atoms with Gasteiger partial charge in [-0.2, -0.15) is 6.08 Å². The Kier molecular flexibility index (Phi) is 54.0. The summed E-state index contributed by atoms with van der Waals surface area (Å²) in [5.41, 5.74) is 6.34. The van der Waals surface area contributed by atoms with Crippen molar-refractivity contribution in [3.8, 4) is 0 Å². The van der Waals surface area contributed by atoms with E-state index in [-0.39, 0.29) is 51.0 Å². The minimum absolute atomic E-state index is 0. The third-order valence-corrected chi connectivity index (χ3v) is 1.06. The summed E-state index contributed by atoms with van der Waals surface area (Å²) in [6, 6.07) is 0. The molecular weight excluding hydrogens is 352 g/mol. The van der Waals surface area contributed by atoms with Crippen molar-refractivity contribution in [2.45, 2.75) is 39.3 Å². The molecule has 0 bridgehead atoms. The van der Waals surface area contributed by atoms with Gasteiger partial charge < -0.3 is 35.3 Å². The van der Waals surface area contributed by atoms with Gasteiger partial charge in [-0.15, -0.1) is 6.42 Å². The number of carbonyl (C=O) groups is 1. The molecule has 1 amide bonds. The van der Waals surface area contributed by atoms with Crippen molar-refractivity contribution in [2.24, 2.45) is 0 Å². The van der Waals surface area contributed by atoms with E-state index in [4.69, 9.17) is 5.73 Å². The van der Waals surface area contributed by atoms with Crippen LogP contribution >= 0.6 is 0 Å². The first kappa shape index (κ1) is 30.6. The molecule has 0 heterocycles. The summed E-state index contributed by atoms with van der Waals surface area (Å²) in [4.78, 5) is 9.71. The molecule has 0 aromatic heterocycles. The van der Waals surface area contributed by atoms with E-state index in [1.165, 1.54) is 0 Å². The Labute approximate surface area is 140 Å². The van der Waals surface area contributed by atoms with Crippen molar-refractivity contribution in [1.29, 1.82) is 0 Å². The molecule has 0 spiro atoms. The first-order chi connectivity index (χ1) is 6.68. The Balaban J connectivity index is -0.0000000406. The van der Waals surface area contributed by atoms with E-state index in [2.05, 4.69) is 25.2 Å². The van der Waals surface area contributed by atoms with E-state index in [0.29, 0.717) is 6.42 Å². The molecule has 17 heavy (non-hydrogen) atoms. The number of halogens is 2. The molecule has 1 N–H and O–H groups in total. The van der Waals surface area contributed by atoms with Crippen LogP contribution in [0, 0.1) is 6.08 Å². The monoisotopic (exact) mass is 370 g/mol. The number of allylic oxidation sites excluding steroid dienone is 4. The van der Waals surface area contributed by atoms with E-state index in [0.717, 1.165) is 22.4 Å². The predicted octanol–water partition coefficient (Wildman–Crippen LogP) is -2.80. The number of amides is 1. The third-order valence-electron chi connectivity index (χ3n) is 1.06. The fourth-order valence-electron chi connectivity index (χ4n) is 0.567. The zero-order valence-electron chi connectivity index (χ0n) is 10.6. The van der Waals surface area contributed by atoms with E-state index >= 15 is 0 Å². The largest absolute Gasteiger partial charge is 4.00 e. The fourth-order valence-corrected chi connectivity index (χ4v) is 0.567. The van der Waals surface area contributed by atoms with Crippen LogP contribution in [-0.4, -0.2) is 15.4 Å². The average molecular weight is 373 g/mol. The Bertz CT molecular complexity index is 180. The summed E-state index contributed by atoms with van der Waals surface area (Å²) in [6.07, 6.45) is 11.2. The van der Waals surface area contributed by atoms with Gasteiger partial charge in [0.1, 0.15) is 0 Å². The summed E-state index contributed by atoms with van der Waals surface area (Å²) in [7, 11) is 0.750. The summed E-state index contributed by atoms with van der Waals surface area (Å²) < 4.78 is 0. The van der Waals surface area contributed by atoms with Gasteiger partial charge in [0.25, 0.3) is 0 Å². The molecule has 0 aromatic carbocycles. The SMILES string of the molecule is CCCC([NH-])=O.C[SiH]C.[C-]1=CC=CC1.[Cl-].[Cl-].[Zr+4]. The van der Waals surface area contributed by atoms with Crippen LogP contribution in [-0.2, 0) is 31.0 Å². The van der Waals surface area contributed by atoms with Crippen molar-refractivity contribution in [3.05, 3.63) is 30.0 Å². The average Bonchev–Trinajstić information content (AvgIpc) is 2.61. The molecule has 2 nitrogen and oxygen atoms in total. The fraction of sp³-hybridized carbons (Fsp3) is 0.545. The third kappa shape index (κ3) is 47.8. The first-order valence-electron chi connectivity index (χ1n) is 4.89. The second-order valence-corrected chi connectivity index (χ2v) is 3.91. The Morgan fingerprint density at radius 3 is 1.94 bits per heavy atom. The smallest absolute Gasteiger partial charge is 1.00 e. The second-order valence-electron chi connectivity index (χ2n) is 2.75. The summed E-state index contributed by atoms with van der Waals surface area (Å²) in [6.45, 7) is 6.30. The summed E-state index contributed by atoms with van der Waals surface area (Å²) in [5, 5.41) is 0. The normalized spacial score (nSPS) is 9.12. The number of nitrogens with one attached hydrogen (secondary N) is 1. The minimum Gasteiger partial charge on any atom is -1.00 e. The van der Waals surface area contributed by atoms with Crippen molar-refractivity contribution >= 4 is 15.4 Å². The quantitative estimate of drug-likeness (QED) is 0.381. The summed E-state index contributed by atoms with van der Waals surface area (Å²) >= 11 is 0. The number of carbonyl (C=O) groups excluding carboxylic acids is 1. The van der Waals surface area contributed by atoms with Gasteiger partial charge in [-0.3, -0.25) is 6.08 Å². The Hall–Kier alpha value is 0.630. The molecule has 6 heteroatoms. The van der Waals surface area contributed by atoms with Crippen LogP contribution in [0.15, 0.2) is 18.2 Å². The molecule has 1 aliphatic carbocycles. The van der Waals surface area contributed by atoms with Gasteiger partial charge in [0.05, 0.1) is 0 Å². The van der Waals surface area contributed by atoms with Gasteiger partial charge in [-0.25, -0.2) is 12.2 Å². The van der Waals surface area contributed by atoms with E-state index in [1.54, 1.807) is 0 Å². The standard InChI is InChI=1S/C5H5.C4H9NO.C2H7Si.2ClH.Zr/c1-2-4-5-3-1;1-2-3-4(5)6;1-3-2;;;/h1-3H,4H2;2-3H2,1H3,(H2,5,6);3H,1-2H3;2*1H;/q-1;;;;;+4/p-3. The maximum absolute atomic E-state index is 9.71. The van der Waals surface area contributed by atoms with Crippen LogP contribution in [0.3, 0.4) is 0 Å². The van der Waals surface area contributed by atoms with E-state index < -0.39 is 5.91 Å². The molecule has 0 aromatic rings. The second kappa shape index (κ2) is 30.0. The Morgan fingerprint density at radius 2 is 1.88 bits per heavy atom. The van der Waals surface area contributed by atoms with E-state index in [1.807, 2.05) is 19.1 Å². The zero-order valence-corrected chi connectivity index (χ0v) is 15.7. The molecule has 1 aliphatic rings. The van der Waals surface area contributed by atoms with Gasteiger partial charge in [-0.05, 0) is 6.42 Å². The van der Waals surface area contributed by atoms with Crippen LogP contribution in [0.5, 0.6) is 0 Å². The van der Waals surface area contributed by atoms with Crippen LogP contribution in [0.4, 0.5) is 0 Å². The first-order valence-corrected chi connectivity index (χ1v) is 7.20. The van der Waals surface area contributed by atoms with Gasteiger partial charge in [0.15, 0.2) is 0 Å². The van der Waals surface area contributed by atoms with Crippen molar-refractivity contribution in [1.82, 2.24) is 0 Å². The van der Waals surface area contributed by atoms with E-state index in [9.17, 15) is 4.79 Å². The maximum Gasteiger partial charge on any atom is 4.00 e. The molecule has 1 radical (unpaired) electrons. The van der Waals surface area contributed by atoms with Crippen LogP contribution in [0.1, 0.15) is 26.2 Å².